The molecule has 5 heteroatoms. The fourth-order valence-corrected chi connectivity index (χ4v) is 4.34. The summed E-state index contributed by atoms with van der Waals surface area (Å²) in [6.45, 7) is 15.2. The van der Waals surface area contributed by atoms with E-state index in [-0.39, 0.29) is 0 Å². The molecule has 1 aliphatic rings. The first kappa shape index (κ1) is 20.0. The van der Waals surface area contributed by atoms with E-state index >= 15 is 0 Å². The van der Waals surface area contributed by atoms with Gasteiger partial charge in [0.1, 0.15) is 0 Å². The van der Waals surface area contributed by atoms with Crippen molar-refractivity contribution >= 4 is 0 Å². The molecule has 0 radical (unpaired) electrons. The van der Waals surface area contributed by atoms with Crippen LogP contribution < -0.4 is 0 Å². The summed E-state index contributed by atoms with van der Waals surface area (Å²) in [5.41, 5.74) is 5.03. The quantitative estimate of drug-likeness (QED) is 0.674. The Bertz CT molecular complexity index is 709. The number of nitrogens with zero attached hydrogens (tertiary/aromatic N) is 5. The maximum Gasteiger partial charge on any atom is 0.0641 e. The average molecular weight is 370 g/mol. The monoisotopic (exact) mass is 369 g/mol. The molecule has 2 aromatic rings. The molecule has 5 nitrogen and oxygen atoms in total. The highest BCUT2D eigenvalue weighted by atomic mass is 15.3. The Morgan fingerprint density at radius 1 is 1.19 bits per heavy atom. The van der Waals surface area contributed by atoms with Gasteiger partial charge in [0, 0.05) is 49.7 Å². The molecule has 0 aliphatic carbocycles. The third kappa shape index (κ3) is 4.96. The van der Waals surface area contributed by atoms with Gasteiger partial charge in [-0.2, -0.15) is 5.10 Å². The molecule has 0 unspecified atom stereocenters. The van der Waals surface area contributed by atoms with Gasteiger partial charge in [-0.3, -0.25) is 19.5 Å². The lowest BCUT2D eigenvalue weighted by atomic mass is 10.1. The van der Waals surface area contributed by atoms with E-state index in [9.17, 15) is 0 Å². The van der Waals surface area contributed by atoms with Crippen LogP contribution in [0.3, 0.4) is 0 Å². The Morgan fingerprint density at radius 3 is 2.74 bits per heavy atom. The number of rotatable bonds is 9. The first-order valence-corrected chi connectivity index (χ1v) is 10.5. The van der Waals surface area contributed by atoms with Crippen LogP contribution in [0.25, 0.3) is 0 Å². The number of aromatic nitrogens is 3. The second kappa shape index (κ2) is 9.47. The number of pyridine rings is 1. The predicted molar refractivity (Wildman–Crippen MR) is 111 cm³/mol. The van der Waals surface area contributed by atoms with Crippen LogP contribution in [0, 0.1) is 13.8 Å². The van der Waals surface area contributed by atoms with Gasteiger partial charge >= 0.3 is 0 Å². The average Bonchev–Trinajstić information content (AvgIpc) is 3.22. The molecule has 0 N–H and O–H groups in total. The van der Waals surface area contributed by atoms with Crippen LogP contribution in [0.4, 0.5) is 0 Å². The normalized spacial score (nSPS) is 17.9. The van der Waals surface area contributed by atoms with E-state index in [1.807, 2.05) is 12.3 Å². The Balaban J connectivity index is 1.79. The molecule has 0 bridgehead atoms. The molecule has 3 rings (SSSR count). The molecule has 0 aromatic carbocycles. The van der Waals surface area contributed by atoms with Crippen LogP contribution in [0.5, 0.6) is 0 Å². The molecule has 1 saturated heterocycles. The highest BCUT2D eigenvalue weighted by Crippen LogP contribution is 2.22. The van der Waals surface area contributed by atoms with Gasteiger partial charge in [-0.05, 0) is 58.3 Å². The summed E-state index contributed by atoms with van der Waals surface area (Å²) in [5, 5.41) is 4.79. The first-order valence-electron chi connectivity index (χ1n) is 10.5. The zero-order valence-electron chi connectivity index (χ0n) is 17.5. The third-order valence-corrected chi connectivity index (χ3v) is 5.83. The first-order chi connectivity index (χ1) is 13.1. The number of aryl methyl sites for hydroxylation is 2. The zero-order chi connectivity index (χ0) is 19.2. The van der Waals surface area contributed by atoms with E-state index in [2.05, 4.69) is 59.3 Å². The number of hydrogen-bond donors (Lipinski definition) is 0. The summed E-state index contributed by atoms with van der Waals surface area (Å²) in [4.78, 5) is 9.79. The topological polar surface area (TPSA) is 37.2 Å². The number of likely N-dealkylation sites (tertiary alicyclic amines) is 1. The predicted octanol–water partition coefficient (Wildman–Crippen LogP) is 3.79. The van der Waals surface area contributed by atoms with E-state index in [1.54, 1.807) is 0 Å². The lowest BCUT2D eigenvalue weighted by Gasteiger charge is -2.30. The minimum absolute atomic E-state index is 0.657. The summed E-state index contributed by atoms with van der Waals surface area (Å²) in [6, 6.07) is 6.88. The zero-order valence-corrected chi connectivity index (χ0v) is 17.5. The molecule has 1 atom stereocenters. The molecule has 27 heavy (non-hydrogen) atoms. The van der Waals surface area contributed by atoms with Crippen LogP contribution in [-0.4, -0.2) is 50.2 Å². The minimum Gasteiger partial charge on any atom is -0.299 e. The van der Waals surface area contributed by atoms with Crippen molar-refractivity contribution in [2.24, 2.45) is 0 Å². The van der Waals surface area contributed by atoms with E-state index in [4.69, 9.17) is 5.10 Å². The summed E-state index contributed by atoms with van der Waals surface area (Å²) in [6.07, 6.45) is 5.64. The molecule has 3 heterocycles. The van der Waals surface area contributed by atoms with Crippen LogP contribution in [0.1, 0.15) is 55.8 Å². The summed E-state index contributed by atoms with van der Waals surface area (Å²) >= 11 is 0. The standard InChI is InChI=1S/C22H35N5/c1-5-13-27-19(4)22(18(3)24-27)17-25(15-20-10-7-8-12-23-20)16-21-11-9-14-26(21)6-2/h7-8,10,12,21H,5-6,9,11,13-17H2,1-4H3/t21-/m1/s1. The van der Waals surface area contributed by atoms with E-state index in [0.29, 0.717) is 6.04 Å². The smallest absolute Gasteiger partial charge is 0.0641 e. The van der Waals surface area contributed by atoms with Crippen LogP contribution in [0.2, 0.25) is 0 Å². The van der Waals surface area contributed by atoms with E-state index < -0.39 is 0 Å². The highest BCUT2D eigenvalue weighted by molar-refractivity contribution is 5.24. The SMILES string of the molecule is CCCn1nc(C)c(CN(Cc2ccccn2)C[C@H]2CCCN2CC)c1C. The Hall–Kier alpha value is -1.72. The molecule has 2 aromatic heterocycles. The fourth-order valence-electron chi connectivity index (χ4n) is 4.34. The maximum absolute atomic E-state index is 4.79. The van der Waals surface area contributed by atoms with E-state index in [1.165, 1.54) is 36.3 Å². The van der Waals surface area contributed by atoms with Crippen molar-refractivity contribution in [3.8, 4) is 0 Å². The number of likely N-dealkylation sites (N-methyl/N-ethyl adjacent to an activating group) is 1. The van der Waals surface area contributed by atoms with Crippen molar-refractivity contribution in [3.05, 3.63) is 47.0 Å². The van der Waals surface area contributed by atoms with Crippen molar-refractivity contribution in [1.82, 2.24) is 24.6 Å². The third-order valence-electron chi connectivity index (χ3n) is 5.83. The second-order valence-electron chi connectivity index (χ2n) is 7.79. The van der Waals surface area contributed by atoms with Crippen molar-refractivity contribution in [1.29, 1.82) is 0 Å². The summed E-state index contributed by atoms with van der Waals surface area (Å²) < 4.78 is 2.18. The molecular weight excluding hydrogens is 334 g/mol. The van der Waals surface area contributed by atoms with Gasteiger partial charge in [-0.25, -0.2) is 0 Å². The molecular formula is C22H35N5. The highest BCUT2D eigenvalue weighted by Gasteiger charge is 2.26. The van der Waals surface area contributed by atoms with Gasteiger partial charge in [0.25, 0.3) is 0 Å². The van der Waals surface area contributed by atoms with Crippen molar-refractivity contribution in [2.75, 3.05) is 19.6 Å². The lowest BCUT2D eigenvalue weighted by molar-refractivity contribution is 0.164. The van der Waals surface area contributed by atoms with Gasteiger partial charge in [-0.1, -0.05) is 19.9 Å². The van der Waals surface area contributed by atoms with Gasteiger partial charge in [0.05, 0.1) is 11.4 Å². The lowest BCUT2D eigenvalue weighted by Crippen LogP contribution is -2.40. The fraction of sp³-hybridized carbons (Fsp3) is 0.636. The molecule has 0 spiro atoms. The van der Waals surface area contributed by atoms with Crippen LogP contribution >= 0.6 is 0 Å². The maximum atomic E-state index is 4.79. The Morgan fingerprint density at radius 2 is 2.04 bits per heavy atom. The Labute approximate surface area is 164 Å². The Kier molecular flexibility index (Phi) is 7.02. The van der Waals surface area contributed by atoms with E-state index in [0.717, 1.165) is 44.8 Å². The van der Waals surface area contributed by atoms with Crippen LogP contribution in [0.15, 0.2) is 24.4 Å². The molecule has 0 amide bonds. The van der Waals surface area contributed by atoms with Gasteiger partial charge in [0.2, 0.25) is 0 Å². The molecule has 0 saturated carbocycles. The second-order valence-corrected chi connectivity index (χ2v) is 7.79. The molecule has 148 valence electrons. The minimum atomic E-state index is 0.657. The summed E-state index contributed by atoms with van der Waals surface area (Å²) in [7, 11) is 0. The molecule has 1 fully saturated rings. The summed E-state index contributed by atoms with van der Waals surface area (Å²) in [5.74, 6) is 0. The van der Waals surface area contributed by atoms with Gasteiger partial charge in [0.15, 0.2) is 0 Å². The van der Waals surface area contributed by atoms with Gasteiger partial charge in [-0.15, -0.1) is 0 Å². The molecule has 1 aliphatic heterocycles. The largest absolute Gasteiger partial charge is 0.299 e. The van der Waals surface area contributed by atoms with Crippen LogP contribution in [-0.2, 0) is 19.6 Å². The number of hydrogen-bond acceptors (Lipinski definition) is 4. The van der Waals surface area contributed by atoms with Crippen molar-refractivity contribution < 1.29 is 0 Å². The van der Waals surface area contributed by atoms with Crippen molar-refractivity contribution in [3.63, 3.8) is 0 Å². The van der Waals surface area contributed by atoms with Gasteiger partial charge < -0.3 is 0 Å². The van der Waals surface area contributed by atoms with Crippen molar-refractivity contribution in [2.45, 2.75) is 72.6 Å².